The fourth-order valence-electron chi connectivity index (χ4n) is 1.42. The standard InChI is InChI=1S/C12H10Cl2N4S/c1-6-4-8(14)10(5-7(6)13)18-12-16-3-2-9(17-12)11(15)19/h2-5H,1H3,(H2,15,19)(H,16,17,18). The number of nitrogens with two attached hydrogens (primary N) is 1. The molecule has 0 saturated heterocycles. The van der Waals surface area contributed by atoms with Gasteiger partial charge in [0.05, 0.1) is 10.7 Å². The molecule has 0 unspecified atom stereocenters. The number of nitrogens with zero attached hydrogens (tertiary/aromatic N) is 2. The number of anilines is 2. The molecule has 0 amide bonds. The highest BCUT2D eigenvalue weighted by Crippen LogP contribution is 2.30. The largest absolute Gasteiger partial charge is 0.388 e. The number of thiocarbonyl (C=S) groups is 1. The van der Waals surface area contributed by atoms with Crippen LogP contribution in [0.2, 0.25) is 10.0 Å². The van der Waals surface area contributed by atoms with E-state index in [-0.39, 0.29) is 4.99 Å². The monoisotopic (exact) mass is 312 g/mol. The third-order valence-corrected chi connectivity index (χ3v) is 3.33. The van der Waals surface area contributed by atoms with Crippen molar-refractivity contribution in [2.75, 3.05) is 5.32 Å². The van der Waals surface area contributed by atoms with E-state index in [0.29, 0.717) is 27.4 Å². The fourth-order valence-corrected chi connectivity index (χ4v) is 1.96. The summed E-state index contributed by atoms with van der Waals surface area (Å²) in [4.78, 5) is 8.45. The number of aryl methyl sites for hydroxylation is 1. The van der Waals surface area contributed by atoms with Crippen molar-refractivity contribution in [2.45, 2.75) is 6.92 Å². The molecule has 3 N–H and O–H groups in total. The van der Waals surface area contributed by atoms with Crippen LogP contribution in [0.5, 0.6) is 0 Å². The minimum absolute atomic E-state index is 0.207. The first-order valence-electron chi connectivity index (χ1n) is 5.33. The molecule has 98 valence electrons. The van der Waals surface area contributed by atoms with Crippen LogP contribution in [0, 0.1) is 6.92 Å². The quantitative estimate of drug-likeness (QED) is 0.850. The molecule has 0 aliphatic heterocycles. The Labute approximate surface area is 126 Å². The Morgan fingerprint density at radius 3 is 2.74 bits per heavy atom. The van der Waals surface area contributed by atoms with Gasteiger partial charge in [0.2, 0.25) is 5.95 Å². The van der Waals surface area contributed by atoms with Crippen LogP contribution in [0.1, 0.15) is 11.3 Å². The first-order valence-corrected chi connectivity index (χ1v) is 6.49. The molecule has 2 rings (SSSR count). The van der Waals surface area contributed by atoms with Crippen LogP contribution in [-0.4, -0.2) is 15.0 Å². The highest BCUT2D eigenvalue weighted by Gasteiger charge is 2.07. The van der Waals surface area contributed by atoms with Crippen molar-refractivity contribution in [3.05, 3.63) is 45.7 Å². The zero-order valence-electron chi connectivity index (χ0n) is 9.95. The molecule has 0 spiro atoms. The number of benzene rings is 1. The van der Waals surface area contributed by atoms with Crippen molar-refractivity contribution in [2.24, 2.45) is 5.73 Å². The number of hydrogen-bond donors (Lipinski definition) is 2. The van der Waals surface area contributed by atoms with Gasteiger partial charge < -0.3 is 11.1 Å². The van der Waals surface area contributed by atoms with Crippen molar-refractivity contribution >= 4 is 52.0 Å². The molecule has 0 aliphatic carbocycles. The molecule has 1 aromatic carbocycles. The summed E-state index contributed by atoms with van der Waals surface area (Å²) in [6.07, 6.45) is 1.56. The molecule has 0 saturated carbocycles. The summed E-state index contributed by atoms with van der Waals surface area (Å²) < 4.78 is 0. The van der Waals surface area contributed by atoms with Crippen LogP contribution < -0.4 is 11.1 Å². The molecular weight excluding hydrogens is 303 g/mol. The maximum absolute atomic E-state index is 6.13. The summed E-state index contributed by atoms with van der Waals surface area (Å²) in [5.74, 6) is 0.354. The Morgan fingerprint density at radius 1 is 1.32 bits per heavy atom. The summed E-state index contributed by atoms with van der Waals surface area (Å²) in [6.45, 7) is 1.88. The lowest BCUT2D eigenvalue weighted by Crippen LogP contribution is -2.12. The van der Waals surface area contributed by atoms with Crippen molar-refractivity contribution in [3.63, 3.8) is 0 Å². The van der Waals surface area contributed by atoms with Crippen LogP contribution >= 0.6 is 35.4 Å². The Hall–Kier alpha value is -1.43. The zero-order chi connectivity index (χ0) is 14.0. The van der Waals surface area contributed by atoms with Gasteiger partial charge in [0.15, 0.2) is 0 Å². The van der Waals surface area contributed by atoms with Gasteiger partial charge in [-0.15, -0.1) is 0 Å². The van der Waals surface area contributed by atoms with Crippen LogP contribution in [0.25, 0.3) is 0 Å². The second-order valence-electron chi connectivity index (χ2n) is 3.84. The van der Waals surface area contributed by atoms with E-state index in [0.717, 1.165) is 5.56 Å². The fraction of sp³-hybridized carbons (Fsp3) is 0.0833. The molecule has 19 heavy (non-hydrogen) atoms. The number of halogens is 2. The van der Waals surface area contributed by atoms with Gasteiger partial charge >= 0.3 is 0 Å². The molecule has 0 aliphatic rings. The number of nitrogens with one attached hydrogen (secondary N) is 1. The minimum atomic E-state index is 0.207. The second kappa shape index (κ2) is 5.69. The number of hydrogen-bond acceptors (Lipinski definition) is 4. The number of rotatable bonds is 3. The summed E-state index contributed by atoms with van der Waals surface area (Å²) in [7, 11) is 0. The lowest BCUT2D eigenvalue weighted by atomic mass is 10.2. The lowest BCUT2D eigenvalue weighted by Gasteiger charge is -2.09. The van der Waals surface area contributed by atoms with E-state index in [1.165, 1.54) is 0 Å². The van der Waals surface area contributed by atoms with Crippen LogP contribution in [0.3, 0.4) is 0 Å². The van der Waals surface area contributed by atoms with Gasteiger partial charge in [-0.2, -0.15) is 0 Å². The predicted octanol–water partition coefficient (Wildman–Crippen LogP) is 3.47. The van der Waals surface area contributed by atoms with Crippen molar-refractivity contribution in [1.29, 1.82) is 0 Å². The van der Waals surface area contributed by atoms with Crippen molar-refractivity contribution in [1.82, 2.24) is 9.97 Å². The van der Waals surface area contributed by atoms with Crippen LogP contribution in [0.15, 0.2) is 24.4 Å². The molecule has 1 aromatic heterocycles. The predicted molar refractivity (Wildman–Crippen MR) is 82.4 cm³/mol. The number of aromatic nitrogens is 2. The first kappa shape index (κ1) is 14.0. The van der Waals surface area contributed by atoms with Gasteiger partial charge in [0, 0.05) is 11.2 Å². The van der Waals surface area contributed by atoms with Crippen molar-refractivity contribution < 1.29 is 0 Å². The van der Waals surface area contributed by atoms with E-state index in [1.807, 2.05) is 6.92 Å². The topological polar surface area (TPSA) is 63.8 Å². The Kier molecular flexibility index (Phi) is 4.19. The van der Waals surface area contributed by atoms with E-state index in [9.17, 15) is 0 Å². The maximum atomic E-state index is 6.13. The Morgan fingerprint density at radius 2 is 2.05 bits per heavy atom. The molecular formula is C12H10Cl2N4S. The lowest BCUT2D eigenvalue weighted by molar-refractivity contribution is 1.15. The van der Waals surface area contributed by atoms with E-state index < -0.39 is 0 Å². The molecule has 4 nitrogen and oxygen atoms in total. The van der Waals surface area contributed by atoms with Crippen molar-refractivity contribution in [3.8, 4) is 0 Å². The highest BCUT2D eigenvalue weighted by atomic mass is 35.5. The average molecular weight is 313 g/mol. The van der Waals surface area contributed by atoms with Gasteiger partial charge in [0.25, 0.3) is 0 Å². The highest BCUT2D eigenvalue weighted by molar-refractivity contribution is 7.80. The third-order valence-electron chi connectivity index (χ3n) is 2.40. The van der Waals surface area contributed by atoms with E-state index in [2.05, 4.69) is 15.3 Å². The molecule has 0 atom stereocenters. The van der Waals surface area contributed by atoms with Gasteiger partial charge in [0.1, 0.15) is 10.7 Å². The maximum Gasteiger partial charge on any atom is 0.227 e. The molecule has 1 heterocycles. The molecule has 0 bridgehead atoms. The molecule has 0 fully saturated rings. The molecule has 2 aromatic rings. The normalized spacial score (nSPS) is 10.3. The van der Waals surface area contributed by atoms with Crippen LogP contribution in [-0.2, 0) is 0 Å². The van der Waals surface area contributed by atoms with Gasteiger partial charge in [-0.3, -0.25) is 0 Å². The summed E-state index contributed by atoms with van der Waals surface area (Å²) in [5.41, 5.74) is 7.52. The van der Waals surface area contributed by atoms with E-state index in [1.54, 1.807) is 24.4 Å². The van der Waals surface area contributed by atoms with Crippen LogP contribution in [0.4, 0.5) is 11.6 Å². The van der Waals surface area contributed by atoms with E-state index >= 15 is 0 Å². The SMILES string of the molecule is Cc1cc(Cl)c(Nc2nccc(C(N)=S)n2)cc1Cl. The molecule has 0 radical (unpaired) electrons. The van der Waals surface area contributed by atoms with Gasteiger partial charge in [-0.05, 0) is 30.7 Å². The van der Waals surface area contributed by atoms with Gasteiger partial charge in [-0.25, -0.2) is 9.97 Å². The smallest absolute Gasteiger partial charge is 0.227 e. The first-order chi connectivity index (χ1) is 8.97. The average Bonchev–Trinajstić information content (AvgIpc) is 2.36. The Bertz CT molecular complexity index is 646. The summed E-state index contributed by atoms with van der Waals surface area (Å²) >= 11 is 17.0. The van der Waals surface area contributed by atoms with E-state index in [4.69, 9.17) is 41.2 Å². The van der Waals surface area contributed by atoms with Gasteiger partial charge in [-0.1, -0.05) is 35.4 Å². The minimum Gasteiger partial charge on any atom is -0.388 e. The summed E-state index contributed by atoms with van der Waals surface area (Å²) in [6, 6.07) is 5.12. The second-order valence-corrected chi connectivity index (χ2v) is 5.09. The summed E-state index contributed by atoms with van der Waals surface area (Å²) in [5, 5.41) is 4.12. The molecule has 7 heteroatoms. The Balaban J connectivity index is 2.33. The third kappa shape index (κ3) is 3.32. The zero-order valence-corrected chi connectivity index (χ0v) is 12.3.